The van der Waals surface area contributed by atoms with Crippen molar-refractivity contribution in [1.82, 2.24) is 4.90 Å². The minimum atomic E-state index is 0.649. The van der Waals surface area contributed by atoms with E-state index >= 15 is 0 Å². The molecule has 0 unspecified atom stereocenters. The highest BCUT2D eigenvalue weighted by molar-refractivity contribution is 5.15. The SMILES string of the molecule is C=CC[C@H]1CCC[C@H](CC=C)N1Cc1ccccc1. The van der Waals surface area contributed by atoms with E-state index in [0.29, 0.717) is 12.1 Å². The molecule has 0 radical (unpaired) electrons. The molecule has 102 valence electrons. The molecule has 0 saturated carbocycles. The zero-order valence-electron chi connectivity index (χ0n) is 11.8. The van der Waals surface area contributed by atoms with E-state index in [9.17, 15) is 0 Å². The van der Waals surface area contributed by atoms with Crippen LogP contribution in [0.5, 0.6) is 0 Å². The highest BCUT2D eigenvalue weighted by Crippen LogP contribution is 2.29. The molecule has 1 aliphatic heterocycles. The third-order valence-corrected chi connectivity index (χ3v) is 4.10. The lowest BCUT2D eigenvalue weighted by Crippen LogP contribution is -2.45. The third kappa shape index (κ3) is 3.81. The molecule has 1 aliphatic rings. The van der Waals surface area contributed by atoms with E-state index < -0.39 is 0 Å². The molecule has 0 aliphatic carbocycles. The Morgan fingerprint density at radius 1 is 1.00 bits per heavy atom. The second kappa shape index (κ2) is 7.30. The van der Waals surface area contributed by atoms with Crippen molar-refractivity contribution in [3.05, 3.63) is 61.2 Å². The monoisotopic (exact) mass is 255 g/mol. The molecule has 1 heteroatoms. The standard InChI is InChI=1S/C18H25N/c1-3-9-17-13-8-14-18(10-4-2)19(17)15-16-11-6-5-7-12-16/h3-7,11-12,17-18H,1-2,8-10,13-15H2/t17-,18-/m0/s1. The van der Waals surface area contributed by atoms with E-state index in [1.165, 1.54) is 24.8 Å². The van der Waals surface area contributed by atoms with E-state index in [4.69, 9.17) is 0 Å². The number of hydrogen-bond donors (Lipinski definition) is 0. The lowest BCUT2D eigenvalue weighted by Gasteiger charge is -2.42. The van der Waals surface area contributed by atoms with Crippen molar-refractivity contribution in [2.75, 3.05) is 0 Å². The maximum absolute atomic E-state index is 3.92. The van der Waals surface area contributed by atoms with Crippen molar-refractivity contribution < 1.29 is 0 Å². The van der Waals surface area contributed by atoms with Crippen LogP contribution in [0, 0.1) is 0 Å². The smallest absolute Gasteiger partial charge is 0.0239 e. The van der Waals surface area contributed by atoms with E-state index in [1.54, 1.807) is 0 Å². The predicted molar refractivity (Wildman–Crippen MR) is 83.0 cm³/mol. The molecule has 1 aromatic carbocycles. The fourth-order valence-electron chi connectivity index (χ4n) is 3.16. The number of likely N-dealkylation sites (tertiary alicyclic amines) is 1. The van der Waals surface area contributed by atoms with Crippen LogP contribution in [-0.4, -0.2) is 17.0 Å². The van der Waals surface area contributed by atoms with E-state index in [1.807, 2.05) is 0 Å². The van der Waals surface area contributed by atoms with Crippen LogP contribution in [0.25, 0.3) is 0 Å². The second-order valence-electron chi connectivity index (χ2n) is 5.45. The summed E-state index contributed by atoms with van der Waals surface area (Å²) in [6.07, 6.45) is 10.3. The lowest BCUT2D eigenvalue weighted by molar-refractivity contribution is 0.0772. The average molecular weight is 255 g/mol. The molecule has 0 amide bonds. The van der Waals surface area contributed by atoms with E-state index in [2.05, 4.69) is 60.5 Å². The van der Waals surface area contributed by atoms with Crippen LogP contribution >= 0.6 is 0 Å². The Bertz CT molecular complexity index is 377. The molecule has 2 rings (SSSR count). The molecule has 19 heavy (non-hydrogen) atoms. The number of rotatable bonds is 6. The van der Waals surface area contributed by atoms with Crippen molar-refractivity contribution >= 4 is 0 Å². The van der Waals surface area contributed by atoms with E-state index in [0.717, 1.165) is 19.4 Å². The third-order valence-electron chi connectivity index (χ3n) is 4.10. The highest BCUT2D eigenvalue weighted by Gasteiger charge is 2.28. The molecular weight excluding hydrogens is 230 g/mol. The Labute approximate surface area is 117 Å². The molecule has 2 atom stereocenters. The van der Waals surface area contributed by atoms with Crippen LogP contribution in [0.4, 0.5) is 0 Å². The zero-order chi connectivity index (χ0) is 13.5. The summed E-state index contributed by atoms with van der Waals surface area (Å²) < 4.78 is 0. The van der Waals surface area contributed by atoms with Crippen molar-refractivity contribution in [2.24, 2.45) is 0 Å². The molecule has 0 N–H and O–H groups in total. The Kier molecular flexibility index (Phi) is 5.41. The largest absolute Gasteiger partial charge is 0.293 e. The average Bonchev–Trinajstić information content (AvgIpc) is 2.44. The molecule has 1 aromatic rings. The minimum Gasteiger partial charge on any atom is -0.293 e. The summed E-state index contributed by atoms with van der Waals surface area (Å²) in [6.45, 7) is 8.89. The predicted octanol–water partition coefficient (Wildman–Crippen LogP) is 4.56. The van der Waals surface area contributed by atoms with Crippen molar-refractivity contribution in [2.45, 2.75) is 50.7 Å². The first-order valence-electron chi connectivity index (χ1n) is 7.36. The maximum atomic E-state index is 3.92. The fourth-order valence-corrected chi connectivity index (χ4v) is 3.16. The van der Waals surface area contributed by atoms with Gasteiger partial charge in [-0.05, 0) is 31.2 Å². The molecule has 0 spiro atoms. The van der Waals surface area contributed by atoms with Gasteiger partial charge in [0.25, 0.3) is 0 Å². The summed E-state index contributed by atoms with van der Waals surface area (Å²) in [5.74, 6) is 0. The van der Waals surface area contributed by atoms with E-state index in [-0.39, 0.29) is 0 Å². The molecule has 0 bridgehead atoms. The first-order valence-corrected chi connectivity index (χ1v) is 7.36. The summed E-state index contributed by atoms with van der Waals surface area (Å²) in [5, 5.41) is 0. The number of benzene rings is 1. The second-order valence-corrected chi connectivity index (χ2v) is 5.45. The fraction of sp³-hybridized carbons (Fsp3) is 0.444. The van der Waals surface area contributed by atoms with Crippen LogP contribution in [0.1, 0.15) is 37.7 Å². The summed E-state index contributed by atoms with van der Waals surface area (Å²) >= 11 is 0. The van der Waals surface area contributed by atoms with Gasteiger partial charge < -0.3 is 0 Å². The first-order chi connectivity index (χ1) is 9.35. The molecule has 1 heterocycles. The first kappa shape index (κ1) is 14.1. The van der Waals surface area contributed by atoms with Crippen LogP contribution in [0.15, 0.2) is 55.6 Å². The van der Waals surface area contributed by atoms with Gasteiger partial charge in [-0.3, -0.25) is 4.90 Å². The van der Waals surface area contributed by atoms with Gasteiger partial charge in [-0.1, -0.05) is 48.9 Å². The minimum absolute atomic E-state index is 0.649. The van der Waals surface area contributed by atoms with Gasteiger partial charge >= 0.3 is 0 Å². The number of piperidine rings is 1. The molecule has 0 aromatic heterocycles. The van der Waals surface area contributed by atoms with Crippen molar-refractivity contribution in [3.8, 4) is 0 Å². The van der Waals surface area contributed by atoms with Crippen LogP contribution < -0.4 is 0 Å². The summed E-state index contributed by atoms with van der Waals surface area (Å²) in [7, 11) is 0. The van der Waals surface area contributed by atoms with Gasteiger partial charge in [0.15, 0.2) is 0 Å². The van der Waals surface area contributed by atoms with Crippen molar-refractivity contribution in [1.29, 1.82) is 0 Å². The molecule has 1 nitrogen and oxygen atoms in total. The maximum Gasteiger partial charge on any atom is 0.0239 e. The topological polar surface area (TPSA) is 3.24 Å². The Hall–Kier alpha value is -1.34. The molecule has 1 fully saturated rings. The quantitative estimate of drug-likeness (QED) is 0.673. The Morgan fingerprint density at radius 3 is 2.11 bits per heavy atom. The molecule has 1 saturated heterocycles. The van der Waals surface area contributed by atoms with Gasteiger partial charge in [0.05, 0.1) is 0 Å². The molecular formula is C18H25N. The Balaban J connectivity index is 2.12. The van der Waals surface area contributed by atoms with Gasteiger partial charge in [0.2, 0.25) is 0 Å². The number of nitrogens with zero attached hydrogens (tertiary/aromatic N) is 1. The van der Waals surface area contributed by atoms with Gasteiger partial charge in [-0.2, -0.15) is 0 Å². The van der Waals surface area contributed by atoms with Crippen molar-refractivity contribution in [3.63, 3.8) is 0 Å². The summed E-state index contributed by atoms with van der Waals surface area (Å²) in [6, 6.07) is 12.1. The zero-order valence-corrected chi connectivity index (χ0v) is 11.8. The van der Waals surface area contributed by atoms with Crippen LogP contribution in [0.3, 0.4) is 0 Å². The summed E-state index contributed by atoms with van der Waals surface area (Å²) in [4.78, 5) is 2.67. The Morgan fingerprint density at radius 2 is 1.58 bits per heavy atom. The van der Waals surface area contributed by atoms with Gasteiger partial charge in [0, 0.05) is 18.6 Å². The van der Waals surface area contributed by atoms with Gasteiger partial charge in [-0.25, -0.2) is 0 Å². The van der Waals surface area contributed by atoms with Gasteiger partial charge in [0.1, 0.15) is 0 Å². The normalized spacial score (nSPS) is 24.0. The lowest BCUT2D eigenvalue weighted by atomic mass is 9.91. The van der Waals surface area contributed by atoms with Crippen LogP contribution in [0.2, 0.25) is 0 Å². The summed E-state index contributed by atoms with van der Waals surface area (Å²) in [5.41, 5.74) is 1.41. The van der Waals surface area contributed by atoms with Crippen LogP contribution in [-0.2, 0) is 6.54 Å². The van der Waals surface area contributed by atoms with Gasteiger partial charge in [-0.15, -0.1) is 13.2 Å². The highest BCUT2D eigenvalue weighted by atomic mass is 15.2. The number of hydrogen-bond acceptors (Lipinski definition) is 1.